The van der Waals surface area contributed by atoms with Gasteiger partial charge in [0.1, 0.15) is 10.8 Å². The van der Waals surface area contributed by atoms with E-state index in [0.29, 0.717) is 29.3 Å². The number of hydrogen-bond acceptors (Lipinski definition) is 5. The Morgan fingerprint density at radius 1 is 1.30 bits per heavy atom. The number of carbonyl (C=O) groups is 2. The number of anilines is 1. The molecular formula is C20H19ClN4O5. The van der Waals surface area contributed by atoms with Crippen LogP contribution in [-0.4, -0.2) is 23.5 Å². The summed E-state index contributed by atoms with van der Waals surface area (Å²) in [6.07, 6.45) is 0. The fourth-order valence-electron chi connectivity index (χ4n) is 3.13. The lowest BCUT2D eigenvalue weighted by Crippen LogP contribution is -2.46. The van der Waals surface area contributed by atoms with Crippen molar-refractivity contribution in [3.8, 4) is 5.75 Å². The second kappa shape index (κ2) is 8.83. The Morgan fingerprint density at radius 2 is 2.03 bits per heavy atom. The number of nitrogens with one attached hydrogen (secondary N) is 3. The van der Waals surface area contributed by atoms with Gasteiger partial charge in [-0.1, -0.05) is 29.8 Å². The molecule has 9 nitrogen and oxygen atoms in total. The van der Waals surface area contributed by atoms with Gasteiger partial charge < -0.3 is 20.7 Å². The van der Waals surface area contributed by atoms with Crippen molar-refractivity contribution >= 4 is 34.9 Å². The third-order valence-electron chi connectivity index (χ3n) is 4.45. The van der Waals surface area contributed by atoms with Crippen LogP contribution >= 0.6 is 11.6 Å². The van der Waals surface area contributed by atoms with Crippen molar-refractivity contribution in [2.75, 3.05) is 11.9 Å². The molecule has 0 saturated carbocycles. The maximum absolute atomic E-state index is 13.1. The van der Waals surface area contributed by atoms with E-state index in [9.17, 15) is 19.7 Å². The van der Waals surface area contributed by atoms with Crippen molar-refractivity contribution in [1.29, 1.82) is 0 Å². The quantitative estimate of drug-likeness (QED) is 0.473. The maximum Gasteiger partial charge on any atom is 0.319 e. The summed E-state index contributed by atoms with van der Waals surface area (Å²) in [4.78, 5) is 35.8. The summed E-state index contributed by atoms with van der Waals surface area (Å²) >= 11 is 5.89. The van der Waals surface area contributed by atoms with Crippen LogP contribution in [0, 0.1) is 10.1 Å². The number of urea groups is 1. The number of nitrogens with zero attached hydrogens (tertiary/aromatic N) is 1. The maximum atomic E-state index is 13.1. The molecule has 0 radical (unpaired) electrons. The van der Waals surface area contributed by atoms with E-state index in [1.54, 1.807) is 31.2 Å². The van der Waals surface area contributed by atoms with Crippen LogP contribution in [0.1, 0.15) is 25.5 Å². The van der Waals surface area contributed by atoms with Crippen molar-refractivity contribution in [1.82, 2.24) is 10.6 Å². The van der Waals surface area contributed by atoms with Crippen LogP contribution in [0.5, 0.6) is 5.75 Å². The van der Waals surface area contributed by atoms with Gasteiger partial charge >= 0.3 is 6.03 Å². The average Bonchev–Trinajstić information content (AvgIpc) is 2.69. The zero-order valence-electron chi connectivity index (χ0n) is 16.2. The van der Waals surface area contributed by atoms with E-state index in [1.165, 1.54) is 18.2 Å². The van der Waals surface area contributed by atoms with E-state index in [1.807, 2.05) is 6.92 Å². The first-order chi connectivity index (χ1) is 14.3. The minimum absolute atomic E-state index is 0.0404. The van der Waals surface area contributed by atoms with Gasteiger partial charge in [-0.15, -0.1) is 0 Å². The first-order valence-electron chi connectivity index (χ1n) is 9.07. The monoisotopic (exact) mass is 430 g/mol. The van der Waals surface area contributed by atoms with Crippen molar-refractivity contribution in [3.63, 3.8) is 0 Å². The lowest BCUT2D eigenvalue weighted by Gasteiger charge is -2.28. The van der Waals surface area contributed by atoms with Crippen molar-refractivity contribution in [3.05, 3.63) is 74.4 Å². The molecule has 0 saturated heterocycles. The number of carbonyl (C=O) groups excluding carboxylic acids is 2. The lowest BCUT2D eigenvalue weighted by atomic mass is 9.94. The zero-order valence-corrected chi connectivity index (χ0v) is 16.9. The van der Waals surface area contributed by atoms with E-state index in [4.69, 9.17) is 16.3 Å². The fourth-order valence-corrected chi connectivity index (χ4v) is 3.32. The number of para-hydroxylation sites is 2. The van der Waals surface area contributed by atoms with Crippen LogP contribution in [-0.2, 0) is 4.79 Å². The molecule has 0 aromatic heterocycles. The molecule has 3 amide bonds. The van der Waals surface area contributed by atoms with Gasteiger partial charge in [-0.05, 0) is 37.6 Å². The molecule has 0 unspecified atom stereocenters. The average molecular weight is 431 g/mol. The van der Waals surface area contributed by atoms with Crippen molar-refractivity contribution in [2.24, 2.45) is 0 Å². The Labute approximate surface area is 177 Å². The number of benzene rings is 2. The highest BCUT2D eigenvalue weighted by atomic mass is 35.5. The van der Waals surface area contributed by atoms with E-state index < -0.39 is 22.9 Å². The molecule has 30 heavy (non-hydrogen) atoms. The van der Waals surface area contributed by atoms with Crippen molar-refractivity contribution in [2.45, 2.75) is 19.9 Å². The Morgan fingerprint density at radius 3 is 2.73 bits per heavy atom. The Hall–Kier alpha value is -3.59. The minimum atomic E-state index is -0.908. The van der Waals surface area contributed by atoms with Gasteiger partial charge in [0.15, 0.2) is 0 Å². The number of halogens is 1. The molecule has 2 aromatic rings. The summed E-state index contributed by atoms with van der Waals surface area (Å²) in [6.45, 7) is 3.83. The standard InChI is InChI=1S/C20H19ClN4O5/c1-3-30-16-7-5-4-6-14(16)23-19(26)17-11(2)22-20(27)24-18(17)12-8-9-13(21)15(10-12)25(28)29/h4-10,18H,3H2,1-2H3,(H,23,26)(H2,22,24,27)/t18-/m0/s1. The molecule has 0 spiro atoms. The third kappa shape index (κ3) is 4.36. The number of rotatable bonds is 6. The Kier molecular flexibility index (Phi) is 6.22. The fraction of sp³-hybridized carbons (Fsp3) is 0.200. The summed E-state index contributed by atoms with van der Waals surface area (Å²) in [5.41, 5.74) is 1.03. The summed E-state index contributed by atoms with van der Waals surface area (Å²) < 4.78 is 5.53. The van der Waals surface area contributed by atoms with Gasteiger partial charge in [-0.3, -0.25) is 14.9 Å². The van der Waals surface area contributed by atoms with E-state index >= 15 is 0 Å². The van der Waals surface area contributed by atoms with Crippen LogP contribution in [0.25, 0.3) is 0 Å². The van der Waals surface area contributed by atoms with Crippen LogP contribution in [0.3, 0.4) is 0 Å². The number of allylic oxidation sites excluding steroid dienone is 1. The topological polar surface area (TPSA) is 123 Å². The van der Waals surface area contributed by atoms with Crippen LogP contribution in [0.4, 0.5) is 16.2 Å². The minimum Gasteiger partial charge on any atom is -0.492 e. The molecule has 2 aromatic carbocycles. The molecule has 1 heterocycles. The van der Waals surface area contributed by atoms with Gasteiger partial charge in [-0.25, -0.2) is 4.79 Å². The largest absolute Gasteiger partial charge is 0.492 e. The zero-order chi connectivity index (χ0) is 21.8. The number of nitro benzene ring substituents is 1. The smallest absolute Gasteiger partial charge is 0.319 e. The van der Waals surface area contributed by atoms with Crippen LogP contribution < -0.4 is 20.7 Å². The summed E-state index contributed by atoms with van der Waals surface area (Å²) in [5.74, 6) is 0.00726. The van der Waals surface area contributed by atoms with E-state index in [2.05, 4.69) is 16.0 Å². The number of ether oxygens (including phenoxy) is 1. The van der Waals surface area contributed by atoms with E-state index in [-0.39, 0.29) is 16.3 Å². The molecule has 3 rings (SSSR count). The molecule has 0 bridgehead atoms. The number of amides is 3. The molecule has 156 valence electrons. The summed E-state index contributed by atoms with van der Waals surface area (Å²) in [7, 11) is 0. The van der Waals surface area contributed by atoms with Gasteiger partial charge in [0.25, 0.3) is 11.6 Å². The Bertz CT molecular complexity index is 1050. The normalized spacial score (nSPS) is 15.8. The van der Waals surface area contributed by atoms with Gasteiger partial charge in [0, 0.05) is 11.8 Å². The first-order valence-corrected chi connectivity index (χ1v) is 9.45. The Balaban J connectivity index is 2.00. The molecular weight excluding hydrogens is 412 g/mol. The highest BCUT2D eigenvalue weighted by Crippen LogP contribution is 2.33. The van der Waals surface area contributed by atoms with Gasteiger partial charge in [-0.2, -0.15) is 0 Å². The molecule has 1 aliphatic rings. The second-order valence-corrected chi connectivity index (χ2v) is 6.83. The molecule has 3 N–H and O–H groups in total. The summed E-state index contributed by atoms with van der Waals surface area (Å²) in [6, 6.07) is 9.64. The predicted molar refractivity (Wildman–Crippen MR) is 111 cm³/mol. The number of nitro groups is 1. The molecule has 10 heteroatoms. The molecule has 1 aliphatic heterocycles. The molecule has 0 aliphatic carbocycles. The number of hydrogen-bond donors (Lipinski definition) is 3. The van der Waals surface area contributed by atoms with Gasteiger partial charge in [0.2, 0.25) is 0 Å². The third-order valence-corrected chi connectivity index (χ3v) is 4.77. The van der Waals surface area contributed by atoms with Crippen molar-refractivity contribution < 1.29 is 19.2 Å². The second-order valence-electron chi connectivity index (χ2n) is 6.42. The SMILES string of the molecule is CCOc1ccccc1NC(=O)C1=C(C)NC(=O)N[C@H]1c1ccc(Cl)c([N+](=O)[O-])c1. The highest BCUT2D eigenvalue weighted by Gasteiger charge is 2.32. The van der Waals surface area contributed by atoms with E-state index in [0.717, 1.165) is 0 Å². The molecule has 1 atom stereocenters. The van der Waals surface area contributed by atoms with Crippen LogP contribution in [0.15, 0.2) is 53.7 Å². The highest BCUT2D eigenvalue weighted by molar-refractivity contribution is 6.32. The van der Waals surface area contributed by atoms with Crippen LogP contribution in [0.2, 0.25) is 5.02 Å². The lowest BCUT2D eigenvalue weighted by molar-refractivity contribution is -0.384. The predicted octanol–water partition coefficient (Wildman–Crippen LogP) is 3.91. The molecule has 0 fully saturated rings. The summed E-state index contributed by atoms with van der Waals surface area (Å²) in [5, 5.41) is 19.2. The first kappa shape index (κ1) is 21.1. The van der Waals surface area contributed by atoms with Gasteiger partial charge in [0.05, 0.1) is 28.8 Å².